The number of rotatable bonds is 3. The Kier molecular flexibility index (Phi) is 5.11. The fourth-order valence-corrected chi connectivity index (χ4v) is 3.46. The predicted octanol–water partition coefficient (Wildman–Crippen LogP) is 2.91. The van der Waals surface area contributed by atoms with Crippen molar-refractivity contribution < 1.29 is 13.2 Å². The lowest BCUT2D eigenvalue weighted by molar-refractivity contribution is 0.233. The van der Waals surface area contributed by atoms with Crippen molar-refractivity contribution in [3.05, 3.63) is 29.3 Å². The van der Waals surface area contributed by atoms with E-state index in [1.165, 1.54) is 24.3 Å². The van der Waals surface area contributed by atoms with Crippen LogP contribution in [0.2, 0.25) is 5.02 Å². The maximum Gasteiger partial charge on any atom is 0.328 e. The number of nitrogens with one attached hydrogen (secondary N) is 2. The SMILES string of the molecule is CC1CCC(NC(=O)NS(=O)(=O)c2ccc(Cl)cc2)CC1. The molecule has 0 radical (unpaired) electrons. The van der Waals surface area contributed by atoms with Crippen LogP contribution in [-0.2, 0) is 10.0 Å². The molecule has 0 bridgehead atoms. The van der Waals surface area contributed by atoms with Gasteiger partial charge in [0.05, 0.1) is 4.90 Å². The number of hydrogen-bond donors (Lipinski definition) is 2. The maximum atomic E-state index is 12.0. The van der Waals surface area contributed by atoms with Gasteiger partial charge in [-0.25, -0.2) is 17.9 Å². The molecule has 1 aliphatic rings. The highest BCUT2D eigenvalue weighted by Gasteiger charge is 2.22. The van der Waals surface area contributed by atoms with Gasteiger partial charge in [-0.3, -0.25) is 0 Å². The summed E-state index contributed by atoms with van der Waals surface area (Å²) in [6.07, 6.45) is 3.87. The third-order valence-electron chi connectivity index (χ3n) is 3.70. The number of carbonyl (C=O) groups excluding carboxylic acids is 1. The van der Waals surface area contributed by atoms with Gasteiger partial charge in [-0.1, -0.05) is 18.5 Å². The minimum absolute atomic E-state index is 0.0133. The molecular weight excluding hydrogens is 312 g/mol. The molecule has 5 nitrogen and oxygen atoms in total. The second kappa shape index (κ2) is 6.66. The molecule has 2 amide bonds. The molecule has 0 aromatic heterocycles. The fourth-order valence-electron chi connectivity index (χ4n) is 2.41. The maximum absolute atomic E-state index is 12.0. The van der Waals surface area contributed by atoms with Crippen LogP contribution in [0.15, 0.2) is 29.2 Å². The topological polar surface area (TPSA) is 75.3 Å². The van der Waals surface area contributed by atoms with Crippen molar-refractivity contribution in [2.75, 3.05) is 0 Å². The Labute approximate surface area is 130 Å². The van der Waals surface area contributed by atoms with Crippen LogP contribution in [0, 0.1) is 5.92 Å². The summed E-state index contributed by atoms with van der Waals surface area (Å²) in [4.78, 5) is 11.8. The van der Waals surface area contributed by atoms with Crippen molar-refractivity contribution in [3.8, 4) is 0 Å². The smallest absolute Gasteiger partial charge is 0.328 e. The van der Waals surface area contributed by atoms with Crippen LogP contribution in [0.25, 0.3) is 0 Å². The Morgan fingerprint density at radius 2 is 1.71 bits per heavy atom. The van der Waals surface area contributed by atoms with Crippen LogP contribution in [0.1, 0.15) is 32.6 Å². The van der Waals surface area contributed by atoms with E-state index in [1.807, 2.05) is 4.72 Å². The standard InChI is InChI=1S/C14H19ClN2O3S/c1-10-2-6-12(7-3-10)16-14(18)17-21(19,20)13-8-4-11(15)5-9-13/h4-5,8-10,12H,2-3,6-7H2,1H3,(H2,16,17,18). The summed E-state index contributed by atoms with van der Waals surface area (Å²) in [5, 5.41) is 3.16. The van der Waals surface area contributed by atoms with Crippen molar-refractivity contribution in [2.45, 2.75) is 43.5 Å². The fraction of sp³-hybridized carbons (Fsp3) is 0.500. The van der Waals surface area contributed by atoms with E-state index in [0.717, 1.165) is 25.7 Å². The summed E-state index contributed by atoms with van der Waals surface area (Å²) in [5.74, 6) is 0.670. The van der Waals surface area contributed by atoms with Crippen molar-refractivity contribution in [2.24, 2.45) is 5.92 Å². The van der Waals surface area contributed by atoms with Gasteiger partial charge in [0, 0.05) is 11.1 Å². The first kappa shape index (κ1) is 16.1. The quantitative estimate of drug-likeness (QED) is 0.894. The van der Waals surface area contributed by atoms with Gasteiger partial charge in [-0.2, -0.15) is 0 Å². The van der Waals surface area contributed by atoms with E-state index in [-0.39, 0.29) is 10.9 Å². The molecule has 0 spiro atoms. The number of urea groups is 1. The molecule has 21 heavy (non-hydrogen) atoms. The third-order valence-corrected chi connectivity index (χ3v) is 5.30. The van der Waals surface area contributed by atoms with E-state index >= 15 is 0 Å². The largest absolute Gasteiger partial charge is 0.335 e. The van der Waals surface area contributed by atoms with Crippen molar-refractivity contribution >= 4 is 27.7 Å². The Morgan fingerprint density at radius 3 is 2.29 bits per heavy atom. The summed E-state index contributed by atoms with van der Waals surface area (Å²) in [5.41, 5.74) is 0. The summed E-state index contributed by atoms with van der Waals surface area (Å²) in [6.45, 7) is 2.18. The second-order valence-corrected chi connectivity index (χ2v) is 7.61. The first-order valence-corrected chi connectivity index (χ1v) is 8.82. The van der Waals surface area contributed by atoms with Crippen LogP contribution in [-0.4, -0.2) is 20.5 Å². The molecule has 0 aliphatic heterocycles. The molecule has 116 valence electrons. The van der Waals surface area contributed by atoms with Crippen LogP contribution in [0.3, 0.4) is 0 Å². The van der Waals surface area contributed by atoms with Crippen molar-refractivity contribution in [1.82, 2.24) is 10.0 Å². The number of halogens is 1. The summed E-state index contributed by atoms with van der Waals surface area (Å²) in [6, 6.07) is 5.03. The van der Waals surface area contributed by atoms with Crippen molar-refractivity contribution in [3.63, 3.8) is 0 Å². The minimum Gasteiger partial charge on any atom is -0.335 e. The van der Waals surface area contributed by atoms with E-state index in [4.69, 9.17) is 11.6 Å². The molecule has 1 aromatic carbocycles. The molecule has 7 heteroatoms. The number of benzene rings is 1. The zero-order chi connectivity index (χ0) is 15.5. The van der Waals surface area contributed by atoms with Gasteiger partial charge in [0.15, 0.2) is 0 Å². The summed E-state index contributed by atoms with van der Waals surface area (Å²) in [7, 11) is -3.86. The zero-order valence-corrected chi connectivity index (χ0v) is 13.4. The number of hydrogen-bond acceptors (Lipinski definition) is 3. The highest BCUT2D eigenvalue weighted by atomic mass is 35.5. The van der Waals surface area contributed by atoms with Crippen LogP contribution in [0.5, 0.6) is 0 Å². The molecule has 0 saturated heterocycles. The number of sulfonamides is 1. The molecule has 2 N–H and O–H groups in total. The normalized spacial score (nSPS) is 22.6. The number of amides is 2. The summed E-state index contributed by atoms with van der Waals surface area (Å²) >= 11 is 5.71. The van der Waals surface area contributed by atoms with Gasteiger partial charge in [0.2, 0.25) is 0 Å². The van der Waals surface area contributed by atoms with Gasteiger partial charge in [-0.15, -0.1) is 0 Å². The lowest BCUT2D eigenvalue weighted by atomic mass is 9.87. The molecule has 1 saturated carbocycles. The molecule has 1 aromatic rings. The lowest BCUT2D eigenvalue weighted by Crippen LogP contribution is -2.45. The van der Waals surface area contributed by atoms with E-state index in [1.54, 1.807) is 0 Å². The Bertz CT molecular complexity index is 593. The number of carbonyl (C=O) groups is 1. The zero-order valence-electron chi connectivity index (χ0n) is 11.8. The monoisotopic (exact) mass is 330 g/mol. The molecule has 0 atom stereocenters. The Hall–Kier alpha value is -1.27. The van der Waals surface area contributed by atoms with Gasteiger partial charge >= 0.3 is 6.03 Å². The predicted molar refractivity (Wildman–Crippen MR) is 81.7 cm³/mol. The first-order chi connectivity index (χ1) is 9.87. The molecule has 1 aliphatic carbocycles. The lowest BCUT2D eigenvalue weighted by Gasteiger charge is -2.26. The average molecular weight is 331 g/mol. The minimum atomic E-state index is -3.86. The average Bonchev–Trinajstić information content (AvgIpc) is 2.41. The van der Waals surface area contributed by atoms with Crippen LogP contribution < -0.4 is 10.0 Å². The van der Waals surface area contributed by atoms with Crippen molar-refractivity contribution in [1.29, 1.82) is 0 Å². The van der Waals surface area contributed by atoms with Crippen LogP contribution >= 0.6 is 11.6 Å². The Balaban J connectivity index is 1.93. The molecular formula is C14H19ClN2O3S. The molecule has 2 rings (SSSR count). The third kappa shape index (κ3) is 4.61. The van der Waals surface area contributed by atoms with E-state index < -0.39 is 16.1 Å². The van der Waals surface area contributed by atoms with Gasteiger partial charge in [0.1, 0.15) is 0 Å². The van der Waals surface area contributed by atoms with E-state index in [2.05, 4.69) is 12.2 Å². The van der Waals surface area contributed by atoms with E-state index in [0.29, 0.717) is 10.9 Å². The highest BCUT2D eigenvalue weighted by molar-refractivity contribution is 7.90. The summed E-state index contributed by atoms with van der Waals surface area (Å²) < 4.78 is 26.1. The molecule has 0 unspecified atom stereocenters. The van der Waals surface area contributed by atoms with Crippen LogP contribution in [0.4, 0.5) is 4.79 Å². The van der Waals surface area contributed by atoms with Gasteiger partial charge in [-0.05, 0) is 55.9 Å². The second-order valence-electron chi connectivity index (χ2n) is 5.49. The van der Waals surface area contributed by atoms with Gasteiger partial charge < -0.3 is 5.32 Å². The van der Waals surface area contributed by atoms with E-state index in [9.17, 15) is 13.2 Å². The molecule has 1 fully saturated rings. The molecule has 0 heterocycles. The first-order valence-electron chi connectivity index (χ1n) is 6.96. The van der Waals surface area contributed by atoms with Gasteiger partial charge in [0.25, 0.3) is 10.0 Å². The highest BCUT2D eigenvalue weighted by Crippen LogP contribution is 2.23. The Morgan fingerprint density at radius 1 is 1.14 bits per heavy atom.